The molecule has 0 amide bonds. The zero-order valence-corrected chi connectivity index (χ0v) is 23.4. The molecule has 2 aromatic heterocycles. The molecule has 1 aromatic carbocycles. The lowest BCUT2D eigenvalue weighted by atomic mass is 9.91. The molecule has 13 nitrogen and oxygen atoms in total. The summed E-state index contributed by atoms with van der Waals surface area (Å²) in [4.78, 5) is 36.1. The number of fused-ring (bicyclic) bond motifs is 1. The van der Waals surface area contributed by atoms with Crippen molar-refractivity contribution in [3.05, 3.63) is 44.4 Å². The van der Waals surface area contributed by atoms with Crippen LogP contribution in [0.25, 0.3) is 22.4 Å². The summed E-state index contributed by atoms with van der Waals surface area (Å²) in [6, 6.07) is 4.51. The van der Waals surface area contributed by atoms with E-state index in [0.29, 0.717) is 60.3 Å². The van der Waals surface area contributed by atoms with Gasteiger partial charge >= 0.3 is 0 Å². The normalized spacial score (nSPS) is 15.9. The third-order valence-electron chi connectivity index (χ3n) is 7.04. The van der Waals surface area contributed by atoms with E-state index < -0.39 is 21.2 Å². The van der Waals surface area contributed by atoms with Crippen molar-refractivity contribution < 1.29 is 23.1 Å². The number of piperidine rings is 1. The number of aryl methyl sites for hydroxylation is 2. The van der Waals surface area contributed by atoms with E-state index in [1.54, 1.807) is 13.1 Å². The van der Waals surface area contributed by atoms with Crippen molar-refractivity contribution in [2.45, 2.75) is 63.9 Å². The summed E-state index contributed by atoms with van der Waals surface area (Å²) in [6.45, 7) is 6.39. The van der Waals surface area contributed by atoms with Crippen molar-refractivity contribution >= 4 is 21.1 Å². The summed E-state index contributed by atoms with van der Waals surface area (Å²) in [5.41, 5.74) is 1.48. The molecule has 4 rings (SSSR count). The second-order valence-electron chi connectivity index (χ2n) is 9.54. The lowest BCUT2D eigenvalue weighted by molar-refractivity contribution is -0.770. The molecule has 1 atom stereocenters. The van der Waals surface area contributed by atoms with Crippen LogP contribution in [0.1, 0.15) is 52.1 Å². The summed E-state index contributed by atoms with van der Waals surface area (Å²) in [5.74, 6) is 0.474. The van der Waals surface area contributed by atoms with E-state index in [1.165, 1.54) is 21.1 Å². The van der Waals surface area contributed by atoms with E-state index in [9.17, 15) is 23.3 Å². The molecule has 1 saturated heterocycles. The number of benzene rings is 1. The predicted molar refractivity (Wildman–Crippen MR) is 143 cm³/mol. The quantitative estimate of drug-likeness (QED) is 0.273. The highest BCUT2D eigenvalue weighted by atomic mass is 32.2. The molecule has 39 heavy (non-hydrogen) atoms. The van der Waals surface area contributed by atoms with Gasteiger partial charge in [0.05, 0.1) is 22.8 Å². The first-order chi connectivity index (χ1) is 18.6. The molecule has 3 aromatic rings. The zero-order chi connectivity index (χ0) is 28.3. The topological polar surface area (TPSA) is 163 Å². The monoisotopic (exact) mass is 562 g/mol. The van der Waals surface area contributed by atoms with Crippen LogP contribution in [-0.4, -0.2) is 63.4 Å². The first-order valence-electron chi connectivity index (χ1n) is 13.1. The summed E-state index contributed by atoms with van der Waals surface area (Å²) in [7, 11) is -2.21. The Morgan fingerprint density at radius 3 is 2.56 bits per heavy atom. The van der Waals surface area contributed by atoms with Gasteiger partial charge in [0.2, 0.25) is 10.0 Å². The third kappa shape index (κ3) is 5.76. The highest BCUT2D eigenvalue weighted by Crippen LogP contribution is 2.34. The Labute approximate surface area is 226 Å². The van der Waals surface area contributed by atoms with E-state index in [4.69, 9.17) is 14.6 Å². The largest absolute Gasteiger partial charge is 0.493 e. The first-order valence-corrected chi connectivity index (χ1v) is 14.6. The Hall–Kier alpha value is -3.52. The van der Waals surface area contributed by atoms with Gasteiger partial charge in [-0.2, -0.15) is 9.40 Å². The molecule has 1 fully saturated rings. The highest BCUT2D eigenvalue weighted by Gasteiger charge is 2.34. The summed E-state index contributed by atoms with van der Waals surface area (Å²) in [5, 5.41) is 14.5. The van der Waals surface area contributed by atoms with Gasteiger partial charge in [-0.05, 0) is 56.7 Å². The predicted octanol–water partition coefficient (Wildman–Crippen LogP) is 3.06. The van der Waals surface area contributed by atoms with E-state index in [2.05, 4.69) is 10.1 Å². The summed E-state index contributed by atoms with van der Waals surface area (Å²) >= 11 is 0. The van der Waals surface area contributed by atoms with Crippen LogP contribution in [0.3, 0.4) is 0 Å². The molecule has 212 valence electrons. The molecular formula is C25H34N6O7S. The van der Waals surface area contributed by atoms with Gasteiger partial charge < -0.3 is 14.6 Å². The molecule has 0 spiro atoms. The number of hydrogen-bond donors (Lipinski definition) is 1. The second kappa shape index (κ2) is 11.7. The minimum atomic E-state index is -3.90. The third-order valence-corrected chi connectivity index (χ3v) is 8.94. The Morgan fingerprint density at radius 1 is 1.23 bits per heavy atom. The molecular weight excluding hydrogens is 528 g/mol. The Morgan fingerprint density at radius 2 is 1.95 bits per heavy atom. The molecule has 0 radical (unpaired) electrons. The Kier molecular flexibility index (Phi) is 8.54. The minimum absolute atomic E-state index is 0.0377. The molecule has 3 heterocycles. The second-order valence-corrected chi connectivity index (χ2v) is 11.5. The number of sulfonamides is 1. The van der Waals surface area contributed by atoms with Gasteiger partial charge in [0.1, 0.15) is 23.2 Å². The van der Waals surface area contributed by atoms with Crippen LogP contribution in [0, 0.1) is 16.0 Å². The van der Waals surface area contributed by atoms with Gasteiger partial charge in [-0.1, -0.05) is 20.3 Å². The molecule has 1 aliphatic heterocycles. The van der Waals surface area contributed by atoms with Crippen LogP contribution >= 0.6 is 0 Å². The van der Waals surface area contributed by atoms with Gasteiger partial charge in [0.25, 0.3) is 10.6 Å². The Bertz CT molecular complexity index is 1510. The van der Waals surface area contributed by atoms with Crippen LogP contribution in [0.5, 0.6) is 5.75 Å². The van der Waals surface area contributed by atoms with Crippen LogP contribution in [0.2, 0.25) is 0 Å². The van der Waals surface area contributed by atoms with Crippen LogP contribution in [0.15, 0.2) is 27.9 Å². The maximum absolute atomic E-state index is 13.6. The fourth-order valence-electron chi connectivity index (χ4n) is 5.16. The van der Waals surface area contributed by atoms with Gasteiger partial charge in [0, 0.05) is 20.1 Å². The number of nitrogens with one attached hydrogen (secondary N) is 1. The number of nitrogens with zero attached hydrogens (tertiary/aromatic N) is 5. The molecule has 0 saturated carbocycles. The van der Waals surface area contributed by atoms with Crippen molar-refractivity contribution in [2.75, 3.05) is 19.7 Å². The highest BCUT2D eigenvalue weighted by molar-refractivity contribution is 7.89. The van der Waals surface area contributed by atoms with E-state index in [0.717, 1.165) is 6.42 Å². The van der Waals surface area contributed by atoms with Gasteiger partial charge in [-0.25, -0.2) is 13.4 Å². The number of aromatic amines is 1. The first kappa shape index (κ1) is 28.5. The van der Waals surface area contributed by atoms with Crippen LogP contribution in [-0.2, 0) is 28.3 Å². The van der Waals surface area contributed by atoms with Crippen molar-refractivity contribution in [2.24, 2.45) is 13.0 Å². The fourth-order valence-corrected chi connectivity index (χ4v) is 6.65. The van der Waals surface area contributed by atoms with Crippen LogP contribution < -0.4 is 10.3 Å². The molecule has 0 bridgehead atoms. The van der Waals surface area contributed by atoms with E-state index in [-0.39, 0.29) is 35.3 Å². The molecule has 0 aliphatic carbocycles. The van der Waals surface area contributed by atoms with Gasteiger partial charge in [-0.3, -0.25) is 9.48 Å². The molecule has 1 N–H and O–H groups in total. The summed E-state index contributed by atoms with van der Waals surface area (Å²) in [6.07, 6.45) is 2.26. The lowest BCUT2D eigenvalue weighted by Crippen LogP contribution is -2.42. The van der Waals surface area contributed by atoms with E-state index >= 15 is 0 Å². The maximum atomic E-state index is 13.6. The average molecular weight is 563 g/mol. The fraction of sp³-hybridized carbons (Fsp3) is 0.560. The molecule has 1 aliphatic rings. The van der Waals surface area contributed by atoms with Gasteiger partial charge in [-0.15, -0.1) is 10.1 Å². The summed E-state index contributed by atoms with van der Waals surface area (Å²) < 4.78 is 35.9. The molecule has 0 unspecified atom stereocenters. The lowest BCUT2D eigenvalue weighted by Gasteiger charge is -2.34. The SMILES string of the molecule is CCCc1nn(C)c2c(=O)[nH]c(-c3cc(S(=O)(=O)N4CCC([C@@H](CC)O[N+](=O)[O-])CC4)ccc3OCC)nc12. The van der Waals surface area contributed by atoms with Crippen molar-refractivity contribution in [3.8, 4) is 17.1 Å². The van der Waals surface area contributed by atoms with Gasteiger partial charge in [0.15, 0.2) is 5.52 Å². The van der Waals surface area contributed by atoms with Crippen molar-refractivity contribution in [1.82, 2.24) is 24.1 Å². The smallest absolute Gasteiger partial charge is 0.294 e. The van der Waals surface area contributed by atoms with E-state index in [1.807, 2.05) is 20.8 Å². The Balaban J connectivity index is 1.69. The minimum Gasteiger partial charge on any atom is -0.493 e. The van der Waals surface area contributed by atoms with Crippen LogP contribution in [0.4, 0.5) is 0 Å². The maximum Gasteiger partial charge on any atom is 0.294 e. The number of ether oxygens (including phenoxy) is 1. The molecule has 14 heteroatoms. The van der Waals surface area contributed by atoms with Crippen molar-refractivity contribution in [1.29, 1.82) is 0 Å². The number of rotatable bonds is 11. The zero-order valence-electron chi connectivity index (χ0n) is 22.5. The number of hydrogen-bond acceptors (Lipinski definition) is 9. The standard InChI is InChI=1S/C25H34N6O7S/c1-5-8-19-22-23(29(4)28-19)25(32)27-24(26-22)18-15-17(9-10-21(18)37-7-3)39(35,36)30-13-11-16(12-14-30)20(6-2)38-31(33)34/h9-10,15-16,20H,5-8,11-14H2,1-4H3,(H,26,27,32)/t20-/m1/s1. The average Bonchev–Trinajstić information content (AvgIpc) is 3.23. The number of H-pyrrole nitrogens is 1. The van der Waals surface area contributed by atoms with Crippen molar-refractivity contribution in [3.63, 3.8) is 0 Å². The number of aromatic nitrogens is 4.